The number of anilines is 1. The first-order valence-corrected chi connectivity index (χ1v) is 11.9. The predicted molar refractivity (Wildman–Crippen MR) is 133 cm³/mol. The summed E-state index contributed by atoms with van der Waals surface area (Å²) >= 11 is 1.27. The van der Waals surface area contributed by atoms with E-state index in [1.54, 1.807) is 19.2 Å². The third-order valence-corrected chi connectivity index (χ3v) is 6.10. The Bertz CT molecular complexity index is 1290. The van der Waals surface area contributed by atoms with Crippen LogP contribution in [0.1, 0.15) is 6.92 Å². The third kappa shape index (κ3) is 5.32. The fraction of sp³-hybridized carbons (Fsp3) is 0.240. The van der Waals surface area contributed by atoms with Crippen molar-refractivity contribution in [3.63, 3.8) is 0 Å². The van der Waals surface area contributed by atoms with Crippen LogP contribution in [0.3, 0.4) is 0 Å². The van der Waals surface area contributed by atoms with Gasteiger partial charge in [0.25, 0.3) is 0 Å². The van der Waals surface area contributed by atoms with Crippen LogP contribution in [0, 0.1) is 0 Å². The molecular formula is C25H26N4O4S. The van der Waals surface area contributed by atoms with Crippen LogP contribution in [0.2, 0.25) is 0 Å². The minimum Gasteiger partial charge on any atom is -0.507 e. The predicted octanol–water partition coefficient (Wildman–Crippen LogP) is 4.58. The maximum atomic E-state index is 12.6. The SMILES string of the molecule is CCOc1ccccc1NC(=O)CSc1nnc(-c2cc3ccccc3cc2O)n1CCOC. The average Bonchev–Trinajstić information content (AvgIpc) is 3.24. The van der Waals surface area contributed by atoms with Crippen LogP contribution in [0.5, 0.6) is 11.5 Å². The fourth-order valence-corrected chi connectivity index (χ4v) is 4.32. The van der Waals surface area contributed by atoms with Crippen molar-refractivity contribution in [3.05, 3.63) is 60.7 Å². The Morgan fingerprint density at radius 1 is 1.09 bits per heavy atom. The molecule has 3 aromatic carbocycles. The van der Waals surface area contributed by atoms with Crippen LogP contribution in [0.15, 0.2) is 65.8 Å². The zero-order valence-electron chi connectivity index (χ0n) is 19.0. The number of benzene rings is 3. The zero-order chi connectivity index (χ0) is 23.9. The van der Waals surface area contributed by atoms with Gasteiger partial charge >= 0.3 is 0 Å². The van der Waals surface area contributed by atoms with Gasteiger partial charge < -0.3 is 19.9 Å². The van der Waals surface area contributed by atoms with Gasteiger partial charge in [0, 0.05) is 7.11 Å². The van der Waals surface area contributed by atoms with E-state index in [1.165, 1.54) is 11.8 Å². The van der Waals surface area contributed by atoms with Crippen LogP contribution in [0.4, 0.5) is 5.69 Å². The van der Waals surface area contributed by atoms with Crippen molar-refractivity contribution in [2.45, 2.75) is 18.6 Å². The van der Waals surface area contributed by atoms with Gasteiger partial charge in [0.1, 0.15) is 11.5 Å². The highest BCUT2D eigenvalue weighted by molar-refractivity contribution is 7.99. The number of ether oxygens (including phenoxy) is 2. The number of amides is 1. The molecule has 0 aliphatic carbocycles. The van der Waals surface area contributed by atoms with Crippen molar-refractivity contribution < 1.29 is 19.4 Å². The maximum absolute atomic E-state index is 12.6. The van der Waals surface area contributed by atoms with Gasteiger partial charge in [-0.15, -0.1) is 10.2 Å². The molecule has 8 nitrogen and oxygen atoms in total. The minimum atomic E-state index is -0.187. The highest BCUT2D eigenvalue weighted by atomic mass is 32.2. The molecule has 1 amide bonds. The summed E-state index contributed by atoms with van der Waals surface area (Å²) in [6.45, 7) is 3.31. The van der Waals surface area contributed by atoms with Crippen molar-refractivity contribution in [2.24, 2.45) is 0 Å². The lowest BCUT2D eigenvalue weighted by Gasteiger charge is -2.12. The largest absolute Gasteiger partial charge is 0.507 e. The molecule has 4 aromatic rings. The number of thioether (sulfide) groups is 1. The molecule has 0 radical (unpaired) electrons. The first-order chi connectivity index (χ1) is 16.6. The summed E-state index contributed by atoms with van der Waals surface area (Å²) in [6, 6.07) is 18.7. The Morgan fingerprint density at radius 2 is 1.82 bits per heavy atom. The molecule has 0 aliphatic rings. The Labute approximate surface area is 201 Å². The molecule has 2 N–H and O–H groups in total. The number of aromatic hydroxyl groups is 1. The molecule has 0 saturated heterocycles. The van der Waals surface area contributed by atoms with Gasteiger partial charge in [0.05, 0.1) is 36.8 Å². The number of nitrogens with zero attached hydrogens (tertiary/aromatic N) is 3. The summed E-state index contributed by atoms with van der Waals surface area (Å²) in [5, 5.41) is 24.7. The number of hydrogen-bond acceptors (Lipinski definition) is 7. The molecule has 0 aliphatic heterocycles. The topological polar surface area (TPSA) is 98.5 Å². The Morgan fingerprint density at radius 3 is 2.59 bits per heavy atom. The summed E-state index contributed by atoms with van der Waals surface area (Å²) in [7, 11) is 1.62. The van der Waals surface area contributed by atoms with Gasteiger partial charge in [-0.1, -0.05) is 48.2 Å². The van der Waals surface area contributed by atoms with Crippen LogP contribution < -0.4 is 10.1 Å². The van der Waals surface area contributed by atoms with Crippen molar-refractivity contribution in [1.29, 1.82) is 0 Å². The lowest BCUT2D eigenvalue weighted by atomic mass is 10.1. The summed E-state index contributed by atoms with van der Waals surface area (Å²) in [5.41, 5.74) is 1.20. The van der Waals surface area contributed by atoms with Crippen LogP contribution >= 0.6 is 11.8 Å². The average molecular weight is 479 g/mol. The second kappa shape index (κ2) is 11.0. The highest BCUT2D eigenvalue weighted by Gasteiger charge is 2.19. The van der Waals surface area contributed by atoms with E-state index in [-0.39, 0.29) is 17.4 Å². The van der Waals surface area contributed by atoms with Crippen LogP contribution in [-0.4, -0.2) is 51.9 Å². The number of rotatable bonds is 10. The van der Waals surface area contributed by atoms with E-state index in [1.807, 2.05) is 60.0 Å². The number of phenolic OH excluding ortho intramolecular Hbond substituents is 1. The smallest absolute Gasteiger partial charge is 0.234 e. The molecular weight excluding hydrogens is 452 g/mol. The van der Waals surface area contributed by atoms with E-state index < -0.39 is 0 Å². The van der Waals surface area contributed by atoms with Crippen molar-refractivity contribution >= 4 is 34.1 Å². The van der Waals surface area contributed by atoms with Gasteiger partial charge in [0.2, 0.25) is 5.91 Å². The second-order valence-electron chi connectivity index (χ2n) is 7.43. The van der Waals surface area contributed by atoms with Crippen molar-refractivity contribution in [3.8, 4) is 22.9 Å². The van der Waals surface area contributed by atoms with E-state index in [0.717, 1.165) is 10.8 Å². The molecule has 1 aromatic heterocycles. The minimum absolute atomic E-state index is 0.117. The van der Waals surface area contributed by atoms with Gasteiger partial charge in [-0.05, 0) is 42.0 Å². The quantitative estimate of drug-likeness (QED) is 0.322. The molecule has 0 unspecified atom stereocenters. The number of methoxy groups -OCH3 is 1. The van der Waals surface area contributed by atoms with E-state index in [2.05, 4.69) is 15.5 Å². The van der Waals surface area contributed by atoms with Gasteiger partial charge in [0.15, 0.2) is 11.0 Å². The van der Waals surface area contributed by atoms with E-state index in [0.29, 0.717) is 47.7 Å². The Hall–Kier alpha value is -3.56. The molecule has 9 heteroatoms. The zero-order valence-corrected chi connectivity index (χ0v) is 19.8. The molecule has 1 heterocycles. The fourth-order valence-electron chi connectivity index (χ4n) is 3.55. The molecule has 34 heavy (non-hydrogen) atoms. The number of para-hydroxylation sites is 2. The van der Waals surface area contributed by atoms with Gasteiger partial charge in [-0.3, -0.25) is 9.36 Å². The number of hydrogen-bond donors (Lipinski definition) is 2. The molecule has 0 spiro atoms. The van der Waals surface area contributed by atoms with Crippen molar-refractivity contribution in [2.75, 3.05) is 31.4 Å². The summed E-state index contributed by atoms with van der Waals surface area (Å²) in [5.74, 6) is 1.21. The van der Waals surface area contributed by atoms with E-state index in [4.69, 9.17) is 9.47 Å². The molecule has 176 valence electrons. The number of carbonyl (C=O) groups is 1. The lowest BCUT2D eigenvalue weighted by Crippen LogP contribution is -2.16. The number of carbonyl (C=O) groups excluding carboxylic acids is 1. The number of nitrogens with one attached hydrogen (secondary N) is 1. The second-order valence-corrected chi connectivity index (χ2v) is 8.38. The Kier molecular flexibility index (Phi) is 7.66. The van der Waals surface area contributed by atoms with E-state index in [9.17, 15) is 9.90 Å². The molecule has 0 bridgehead atoms. The van der Waals surface area contributed by atoms with Crippen LogP contribution in [0.25, 0.3) is 22.2 Å². The maximum Gasteiger partial charge on any atom is 0.234 e. The van der Waals surface area contributed by atoms with Crippen LogP contribution in [-0.2, 0) is 16.1 Å². The van der Waals surface area contributed by atoms with Gasteiger partial charge in [-0.2, -0.15) is 0 Å². The number of fused-ring (bicyclic) bond motifs is 1. The monoisotopic (exact) mass is 478 g/mol. The summed E-state index contributed by atoms with van der Waals surface area (Å²) in [6.07, 6.45) is 0. The Balaban J connectivity index is 1.55. The van der Waals surface area contributed by atoms with E-state index >= 15 is 0 Å². The molecule has 0 atom stereocenters. The first kappa shape index (κ1) is 23.6. The van der Waals surface area contributed by atoms with Crippen molar-refractivity contribution in [1.82, 2.24) is 14.8 Å². The summed E-state index contributed by atoms with van der Waals surface area (Å²) in [4.78, 5) is 12.6. The molecule has 4 rings (SSSR count). The number of phenols is 1. The first-order valence-electron chi connectivity index (χ1n) is 10.9. The highest BCUT2D eigenvalue weighted by Crippen LogP contribution is 2.34. The summed E-state index contributed by atoms with van der Waals surface area (Å²) < 4.78 is 12.7. The van der Waals surface area contributed by atoms with Gasteiger partial charge in [-0.25, -0.2) is 0 Å². The normalized spacial score (nSPS) is 11.0. The third-order valence-electron chi connectivity index (χ3n) is 5.13. The molecule has 0 saturated carbocycles. The number of aromatic nitrogens is 3. The standard InChI is InChI=1S/C25H26N4O4S/c1-3-33-22-11-7-6-10-20(22)26-23(31)16-34-25-28-27-24(29(25)12-13-32-2)19-14-17-8-4-5-9-18(17)15-21(19)30/h4-11,14-15,30H,3,12-13,16H2,1-2H3,(H,26,31). The molecule has 0 fully saturated rings. The lowest BCUT2D eigenvalue weighted by molar-refractivity contribution is -0.113.